The van der Waals surface area contributed by atoms with Crippen molar-refractivity contribution in [1.82, 2.24) is 14.9 Å². The molecule has 1 atom stereocenters. The molecule has 1 amide bonds. The van der Waals surface area contributed by atoms with Crippen molar-refractivity contribution in [2.75, 3.05) is 31.1 Å². The molecule has 7 nitrogen and oxygen atoms in total. The van der Waals surface area contributed by atoms with Crippen molar-refractivity contribution in [3.8, 4) is 0 Å². The van der Waals surface area contributed by atoms with Crippen LogP contribution in [0.1, 0.15) is 49.0 Å². The fraction of sp³-hybridized carbons (Fsp3) is 0.667. The van der Waals surface area contributed by atoms with Gasteiger partial charge >= 0.3 is 5.97 Å². The Labute approximate surface area is 147 Å². The number of rotatable bonds is 3. The van der Waals surface area contributed by atoms with E-state index in [1.807, 2.05) is 9.80 Å². The summed E-state index contributed by atoms with van der Waals surface area (Å²) in [6.45, 7) is 2.66. The summed E-state index contributed by atoms with van der Waals surface area (Å²) in [5.74, 6) is -0.126. The number of anilines is 1. The molecule has 25 heavy (non-hydrogen) atoms. The minimum atomic E-state index is -1.07. The van der Waals surface area contributed by atoms with Crippen molar-refractivity contribution in [2.45, 2.75) is 38.5 Å². The molecule has 0 bridgehead atoms. The maximum absolute atomic E-state index is 12.9. The number of aromatic nitrogens is 2. The van der Waals surface area contributed by atoms with Crippen LogP contribution in [0.5, 0.6) is 0 Å². The summed E-state index contributed by atoms with van der Waals surface area (Å²) in [7, 11) is 0. The van der Waals surface area contributed by atoms with E-state index in [1.165, 1.54) is 38.1 Å². The van der Waals surface area contributed by atoms with E-state index in [4.69, 9.17) is 0 Å². The Morgan fingerprint density at radius 2 is 1.80 bits per heavy atom. The Morgan fingerprint density at radius 3 is 2.56 bits per heavy atom. The molecule has 3 aliphatic rings. The van der Waals surface area contributed by atoms with Crippen LogP contribution in [0.25, 0.3) is 0 Å². The summed E-state index contributed by atoms with van der Waals surface area (Å²) in [4.78, 5) is 36.3. The predicted octanol–water partition coefficient (Wildman–Crippen LogP) is 1.79. The number of nitrogens with zero attached hydrogens (tertiary/aromatic N) is 4. The molecule has 2 heterocycles. The van der Waals surface area contributed by atoms with Gasteiger partial charge in [-0.15, -0.1) is 0 Å². The van der Waals surface area contributed by atoms with Crippen molar-refractivity contribution in [2.24, 2.45) is 11.3 Å². The van der Waals surface area contributed by atoms with E-state index < -0.39 is 5.97 Å². The third kappa shape index (κ3) is 2.96. The Balaban J connectivity index is 1.43. The molecule has 0 aromatic carbocycles. The summed E-state index contributed by atoms with van der Waals surface area (Å²) >= 11 is 0. The molecule has 1 aromatic rings. The Hall–Kier alpha value is -2.18. The highest BCUT2D eigenvalue weighted by Gasteiger charge is 2.59. The summed E-state index contributed by atoms with van der Waals surface area (Å²) in [5.41, 5.74) is 0.305. The van der Waals surface area contributed by atoms with E-state index >= 15 is 0 Å². The maximum atomic E-state index is 12.9. The summed E-state index contributed by atoms with van der Waals surface area (Å²) in [6, 6.07) is 0. The van der Waals surface area contributed by atoms with Crippen molar-refractivity contribution in [3.63, 3.8) is 0 Å². The standard InChI is InChI=1S/C18H24N4O3/c23-16(13-12-18(13)4-1-2-5-18)22-9-3-8-21(10-11-22)15-14(17(24)25)19-6-7-20-15/h6-7,13H,1-5,8-12H2,(H,24,25). The van der Waals surface area contributed by atoms with Gasteiger partial charge in [-0.1, -0.05) is 12.8 Å². The SMILES string of the molecule is O=C(O)c1nccnc1N1CCCN(C(=O)C2CC23CCCC3)CC1. The van der Waals surface area contributed by atoms with Crippen molar-refractivity contribution < 1.29 is 14.7 Å². The zero-order chi connectivity index (χ0) is 17.4. The first-order valence-corrected chi connectivity index (χ1v) is 9.19. The van der Waals surface area contributed by atoms with Crippen LogP contribution < -0.4 is 4.90 Å². The van der Waals surface area contributed by atoms with Gasteiger partial charge in [-0.05, 0) is 31.1 Å². The summed E-state index contributed by atoms with van der Waals surface area (Å²) < 4.78 is 0. The average Bonchev–Trinajstić information content (AvgIpc) is 3.21. The zero-order valence-electron chi connectivity index (χ0n) is 14.4. The molecular formula is C18H24N4O3. The number of hydrogen-bond acceptors (Lipinski definition) is 5. The second-order valence-electron chi connectivity index (χ2n) is 7.53. The van der Waals surface area contributed by atoms with Crippen LogP contribution in [0.2, 0.25) is 0 Å². The topological polar surface area (TPSA) is 86.6 Å². The first-order valence-electron chi connectivity index (χ1n) is 9.19. The molecule has 0 radical (unpaired) electrons. The lowest BCUT2D eigenvalue weighted by Crippen LogP contribution is -2.37. The van der Waals surface area contributed by atoms with Gasteiger partial charge in [-0.25, -0.2) is 14.8 Å². The Bertz CT molecular complexity index is 687. The molecular weight excluding hydrogens is 320 g/mol. The minimum absolute atomic E-state index is 0.0191. The van der Waals surface area contributed by atoms with Gasteiger partial charge in [-0.3, -0.25) is 4.79 Å². The molecule has 4 rings (SSSR count). The largest absolute Gasteiger partial charge is 0.476 e. The fourth-order valence-corrected chi connectivity index (χ4v) is 4.61. The van der Waals surface area contributed by atoms with E-state index in [-0.39, 0.29) is 11.6 Å². The van der Waals surface area contributed by atoms with Crippen LogP contribution in [-0.4, -0.2) is 58.0 Å². The van der Waals surface area contributed by atoms with Gasteiger partial charge in [0, 0.05) is 44.5 Å². The molecule has 2 aliphatic carbocycles. The number of amides is 1. The Morgan fingerprint density at radius 1 is 1.04 bits per heavy atom. The summed E-state index contributed by atoms with van der Waals surface area (Å²) in [5, 5.41) is 9.31. The highest BCUT2D eigenvalue weighted by atomic mass is 16.4. The van der Waals surface area contributed by atoms with Gasteiger partial charge in [0.1, 0.15) is 0 Å². The lowest BCUT2D eigenvalue weighted by Gasteiger charge is -2.24. The second-order valence-corrected chi connectivity index (χ2v) is 7.53. The molecule has 1 saturated heterocycles. The number of hydrogen-bond donors (Lipinski definition) is 1. The fourth-order valence-electron chi connectivity index (χ4n) is 4.61. The molecule has 7 heteroatoms. The van der Waals surface area contributed by atoms with Crippen LogP contribution in [0, 0.1) is 11.3 Å². The van der Waals surface area contributed by atoms with Crippen LogP contribution in [0.4, 0.5) is 5.82 Å². The predicted molar refractivity (Wildman–Crippen MR) is 91.4 cm³/mol. The van der Waals surface area contributed by atoms with E-state index in [2.05, 4.69) is 9.97 Å². The van der Waals surface area contributed by atoms with Gasteiger partial charge in [0.15, 0.2) is 11.5 Å². The van der Waals surface area contributed by atoms with Crippen LogP contribution in [0.3, 0.4) is 0 Å². The van der Waals surface area contributed by atoms with Crippen LogP contribution in [-0.2, 0) is 4.79 Å². The van der Waals surface area contributed by atoms with E-state index in [0.29, 0.717) is 36.8 Å². The molecule has 1 unspecified atom stereocenters. The van der Waals surface area contributed by atoms with Gasteiger partial charge < -0.3 is 14.9 Å². The van der Waals surface area contributed by atoms with Crippen LogP contribution in [0.15, 0.2) is 12.4 Å². The lowest BCUT2D eigenvalue weighted by molar-refractivity contribution is -0.133. The Kier molecular flexibility index (Phi) is 4.09. The van der Waals surface area contributed by atoms with Crippen molar-refractivity contribution in [3.05, 3.63) is 18.1 Å². The normalized spacial score (nSPS) is 25.0. The third-order valence-corrected chi connectivity index (χ3v) is 6.08. The third-order valence-electron chi connectivity index (χ3n) is 6.08. The molecule has 1 spiro atoms. The number of carbonyl (C=O) groups is 2. The average molecular weight is 344 g/mol. The highest BCUT2D eigenvalue weighted by Crippen LogP contribution is 2.63. The van der Waals surface area contributed by atoms with Gasteiger partial charge in [0.05, 0.1) is 0 Å². The maximum Gasteiger partial charge on any atom is 0.358 e. The monoisotopic (exact) mass is 344 g/mol. The van der Waals surface area contributed by atoms with Gasteiger partial charge in [0.25, 0.3) is 0 Å². The molecule has 1 aromatic heterocycles. The number of aromatic carboxylic acids is 1. The summed E-state index contributed by atoms with van der Waals surface area (Å²) in [6.07, 6.45) is 9.76. The lowest BCUT2D eigenvalue weighted by atomic mass is 10.0. The molecule has 1 aliphatic heterocycles. The first kappa shape index (κ1) is 16.3. The van der Waals surface area contributed by atoms with E-state index in [9.17, 15) is 14.7 Å². The molecule has 3 fully saturated rings. The van der Waals surface area contributed by atoms with Crippen molar-refractivity contribution >= 4 is 17.7 Å². The van der Waals surface area contributed by atoms with Gasteiger partial charge in [0.2, 0.25) is 5.91 Å². The van der Waals surface area contributed by atoms with E-state index in [1.54, 1.807) is 0 Å². The molecule has 1 N–H and O–H groups in total. The quantitative estimate of drug-likeness (QED) is 0.900. The molecule has 134 valence electrons. The minimum Gasteiger partial charge on any atom is -0.476 e. The van der Waals surface area contributed by atoms with Crippen molar-refractivity contribution in [1.29, 1.82) is 0 Å². The van der Waals surface area contributed by atoms with Crippen LogP contribution >= 0.6 is 0 Å². The number of carboxylic acids is 1. The number of carboxylic acid groups (broad SMARTS) is 1. The van der Waals surface area contributed by atoms with Gasteiger partial charge in [-0.2, -0.15) is 0 Å². The highest BCUT2D eigenvalue weighted by molar-refractivity contribution is 5.91. The number of carbonyl (C=O) groups excluding carboxylic acids is 1. The first-order chi connectivity index (χ1) is 12.1. The smallest absolute Gasteiger partial charge is 0.358 e. The second kappa shape index (κ2) is 6.28. The van der Waals surface area contributed by atoms with E-state index in [0.717, 1.165) is 19.4 Å². The zero-order valence-corrected chi connectivity index (χ0v) is 14.4. The molecule has 2 saturated carbocycles.